The molecule has 0 unspecified atom stereocenters. The van der Waals surface area contributed by atoms with E-state index in [0.29, 0.717) is 22.5 Å². The lowest BCUT2D eigenvalue weighted by Crippen LogP contribution is -2.03. The quantitative estimate of drug-likeness (QED) is 0.473. The summed E-state index contributed by atoms with van der Waals surface area (Å²) in [5.74, 6) is 2.32. The lowest BCUT2D eigenvalue weighted by atomic mass is 10.3. The molecular formula is C16H15ClN4O2S. The van der Waals surface area contributed by atoms with Crippen molar-refractivity contribution in [3.63, 3.8) is 0 Å². The molecule has 1 aromatic heterocycles. The molecule has 124 valence electrons. The minimum Gasteiger partial charge on any atom is -0.497 e. The zero-order valence-electron chi connectivity index (χ0n) is 12.9. The molecule has 0 aliphatic rings. The lowest BCUT2D eigenvalue weighted by Gasteiger charge is -2.07. The van der Waals surface area contributed by atoms with Gasteiger partial charge in [0.1, 0.15) is 11.5 Å². The first-order valence-corrected chi connectivity index (χ1v) is 8.56. The van der Waals surface area contributed by atoms with E-state index in [1.54, 1.807) is 11.8 Å². The van der Waals surface area contributed by atoms with Crippen molar-refractivity contribution in [2.24, 2.45) is 0 Å². The molecule has 0 spiro atoms. The van der Waals surface area contributed by atoms with Gasteiger partial charge in [0.15, 0.2) is 0 Å². The SMILES string of the molecule is COc1ccc(OCCSc2nnnn2-c2cccc(Cl)c2)cc1. The van der Waals surface area contributed by atoms with Crippen LogP contribution in [0.25, 0.3) is 5.69 Å². The summed E-state index contributed by atoms with van der Waals surface area (Å²) in [5, 5.41) is 13.1. The fourth-order valence-corrected chi connectivity index (χ4v) is 2.90. The molecule has 3 rings (SSSR count). The summed E-state index contributed by atoms with van der Waals surface area (Å²) in [6, 6.07) is 14.9. The smallest absolute Gasteiger partial charge is 0.214 e. The molecular weight excluding hydrogens is 348 g/mol. The van der Waals surface area contributed by atoms with Crippen molar-refractivity contribution in [2.75, 3.05) is 19.5 Å². The summed E-state index contributed by atoms with van der Waals surface area (Å²) in [4.78, 5) is 0. The van der Waals surface area contributed by atoms with Gasteiger partial charge in [-0.05, 0) is 52.9 Å². The summed E-state index contributed by atoms with van der Waals surface area (Å²) in [7, 11) is 1.64. The third-order valence-corrected chi connectivity index (χ3v) is 4.26. The molecule has 0 bridgehead atoms. The maximum absolute atomic E-state index is 6.01. The third-order valence-electron chi connectivity index (χ3n) is 3.14. The number of tetrazole rings is 1. The van der Waals surface area contributed by atoms with Gasteiger partial charge >= 0.3 is 0 Å². The van der Waals surface area contributed by atoms with Crippen LogP contribution in [0.4, 0.5) is 0 Å². The molecule has 0 aliphatic carbocycles. The summed E-state index contributed by atoms with van der Waals surface area (Å²) >= 11 is 7.53. The number of thioether (sulfide) groups is 1. The standard InChI is InChI=1S/C16H15ClN4O2S/c1-22-14-5-7-15(8-6-14)23-9-10-24-16-18-19-20-21(16)13-4-2-3-12(17)11-13/h2-8,11H,9-10H2,1H3. The Morgan fingerprint density at radius 2 is 1.92 bits per heavy atom. The van der Waals surface area contributed by atoms with Crippen LogP contribution in [0.1, 0.15) is 0 Å². The Labute approximate surface area is 148 Å². The Balaban J connectivity index is 1.55. The maximum Gasteiger partial charge on any atom is 0.214 e. The highest BCUT2D eigenvalue weighted by molar-refractivity contribution is 7.99. The fourth-order valence-electron chi connectivity index (χ4n) is 2.00. The Morgan fingerprint density at radius 1 is 1.12 bits per heavy atom. The number of hydrogen-bond acceptors (Lipinski definition) is 6. The van der Waals surface area contributed by atoms with E-state index in [4.69, 9.17) is 21.1 Å². The van der Waals surface area contributed by atoms with Crippen LogP contribution in [-0.2, 0) is 0 Å². The second-order valence-electron chi connectivity index (χ2n) is 4.73. The lowest BCUT2D eigenvalue weighted by molar-refractivity contribution is 0.342. The number of benzene rings is 2. The molecule has 0 fully saturated rings. The zero-order chi connectivity index (χ0) is 16.8. The zero-order valence-corrected chi connectivity index (χ0v) is 14.5. The topological polar surface area (TPSA) is 62.1 Å². The van der Waals surface area contributed by atoms with Crippen LogP contribution in [0.3, 0.4) is 0 Å². The highest BCUT2D eigenvalue weighted by Crippen LogP contribution is 2.21. The number of hydrogen-bond donors (Lipinski definition) is 0. The van der Waals surface area contributed by atoms with Gasteiger partial charge in [0, 0.05) is 10.8 Å². The van der Waals surface area contributed by atoms with Crippen LogP contribution < -0.4 is 9.47 Å². The molecule has 8 heteroatoms. The monoisotopic (exact) mass is 362 g/mol. The van der Waals surface area contributed by atoms with Crippen molar-refractivity contribution in [1.82, 2.24) is 20.2 Å². The van der Waals surface area contributed by atoms with Gasteiger partial charge in [-0.3, -0.25) is 0 Å². The molecule has 0 aliphatic heterocycles. The maximum atomic E-state index is 6.01. The molecule has 0 saturated carbocycles. The van der Waals surface area contributed by atoms with Crippen LogP contribution in [0.2, 0.25) is 5.02 Å². The molecule has 0 N–H and O–H groups in total. The third kappa shape index (κ3) is 4.18. The first-order chi connectivity index (χ1) is 11.8. The number of rotatable bonds is 7. The van der Waals surface area contributed by atoms with Gasteiger partial charge in [0.2, 0.25) is 5.16 Å². The molecule has 3 aromatic rings. The minimum absolute atomic E-state index is 0.541. The predicted molar refractivity (Wildman–Crippen MR) is 93.4 cm³/mol. The van der Waals surface area contributed by atoms with E-state index in [1.165, 1.54) is 11.8 Å². The first kappa shape index (κ1) is 16.6. The van der Waals surface area contributed by atoms with Gasteiger partial charge < -0.3 is 9.47 Å². The van der Waals surface area contributed by atoms with Crippen molar-refractivity contribution in [3.05, 3.63) is 53.6 Å². The highest BCUT2D eigenvalue weighted by Gasteiger charge is 2.09. The molecule has 0 radical (unpaired) electrons. The van der Waals surface area contributed by atoms with Crippen molar-refractivity contribution in [1.29, 1.82) is 0 Å². The fraction of sp³-hybridized carbons (Fsp3) is 0.188. The van der Waals surface area contributed by atoms with E-state index in [1.807, 2.05) is 48.5 Å². The Bertz CT molecular complexity index is 795. The van der Waals surface area contributed by atoms with E-state index in [9.17, 15) is 0 Å². The number of nitrogens with zero attached hydrogens (tertiary/aromatic N) is 4. The average Bonchev–Trinajstić information content (AvgIpc) is 3.08. The van der Waals surface area contributed by atoms with E-state index in [0.717, 1.165) is 17.2 Å². The molecule has 0 saturated heterocycles. The summed E-state index contributed by atoms with van der Waals surface area (Å²) < 4.78 is 12.5. The molecule has 2 aromatic carbocycles. The normalized spacial score (nSPS) is 10.6. The van der Waals surface area contributed by atoms with Crippen molar-refractivity contribution in [2.45, 2.75) is 5.16 Å². The number of methoxy groups -OCH3 is 1. The number of halogens is 1. The number of ether oxygens (including phenoxy) is 2. The summed E-state index contributed by atoms with van der Waals surface area (Å²) in [6.45, 7) is 0.541. The summed E-state index contributed by atoms with van der Waals surface area (Å²) in [6.07, 6.45) is 0. The van der Waals surface area contributed by atoms with Gasteiger partial charge in [0.05, 0.1) is 19.4 Å². The molecule has 1 heterocycles. The Kier molecular flexibility index (Phi) is 5.55. The van der Waals surface area contributed by atoms with Crippen LogP contribution in [0.15, 0.2) is 53.7 Å². The van der Waals surface area contributed by atoms with Gasteiger partial charge in [0.25, 0.3) is 0 Å². The van der Waals surface area contributed by atoms with Crippen LogP contribution in [0, 0.1) is 0 Å². The van der Waals surface area contributed by atoms with E-state index >= 15 is 0 Å². The number of aromatic nitrogens is 4. The van der Waals surface area contributed by atoms with Gasteiger partial charge in [-0.2, -0.15) is 4.68 Å². The molecule has 24 heavy (non-hydrogen) atoms. The van der Waals surface area contributed by atoms with Gasteiger partial charge in [-0.15, -0.1) is 5.10 Å². The second kappa shape index (κ2) is 8.03. The van der Waals surface area contributed by atoms with Gasteiger partial charge in [-0.1, -0.05) is 29.4 Å². The average molecular weight is 363 g/mol. The second-order valence-corrected chi connectivity index (χ2v) is 6.22. The van der Waals surface area contributed by atoms with Crippen molar-refractivity contribution in [3.8, 4) is 17.2 Å². The Hall–Kier alpha value is -2.25. The van der Waals surface area contributed by atoms with Crippen LogP contribution in [0.5, 0.6) is 11.5 Å². The molecule has 6 nitrogen and oxygen atoms in total. The van der Waals surface area contributed by atoms with E-state index in [2.05, 4.69) is 15.5 Å². The van der Waals surface area contributed by atoms with Crippen molar-refractivity contribution < 1.29 is 9.47 Å². The van der Waals surface area contributed by atoms with Gasteiger partial charge in [-0.25, -0.2) is 0 Å². The first-order valence-electron chi connectivity index (χ1n) is 7.20. The van der Waals surface area contributed by atoms with Crippen LogP contribution in [-0.4, -0.2) is 39.7 Å². The van der Waals surface area contributed by atoms with E-state index < -0.39 is 0 Å². The molecule has 0 atom stereocenters. The van der Waals surface area contributed by atoms with Crippen molar-refractivity contribution >= 4 is 23.4 Å². The van der Waals surface area contributed by atoms with Crippen LogP contribution >= 0.6 is 23.4 Å². The predicted octanol–water partition coefficient (Wildman–Crippen LogP) is 3.50. The Morgan fingerprint density at radius 3 is 2.67 bits per heavy atom. The summed E-state index contributed by atoms with van der Waals surface area (Å²) in [5.41, 5.74) is 0.825. The molecule has 0 amide bonds. The minimum atomic E-state index is 0.541. The largest absolute Gasteiger partial charge is 0.497 e. The van der Waals surface area contributed by atoms with E-state index in [-0.39, 0.29) is 0 Å². The highest BCUT2D eigenvalue weighted by atomic mass is 35.5.